The summed E-state index contributed by atoms with van der Waals surface area (Å²) in [5, 5.41) is 7.67. The molecule has 0 bridgehead atoms. The fraction of sp³-hybridized carbons (Fsp3) is 0.276. The molecule has 1 aliphatic rings. The van der Waals surface area contributed by atoms with Crippen molar-refractivity contribution in [1.29, 1.82) is 0 Å². The van der Waals surface area contributed by atoms with Crippen LogP contribution in [0, 0.1) is 0 Å². The first kappa shape index (κ1) is 26.6. The Morgan fingerprint density at radius 2 is 1.81 bits per heavy atom. The van der Waals surface area contributed by atoms with E-state index < -0.39 is 0 Å². The Hall–Kier alpha value is -3.42. The highest BCUT2D eigenvalue weighted by molar-refractivity contribution is 7.08. The molecule has 0 saturated carbocycles. The van der Waals surface area contributed by atoms with Crippen molar-refractivity contribution in [1.82, 2.24) is 14.9 Å². The third-order valence-electron chi connectivity index (χ3n) is 6.44. The smallest absolute Gasteiger partial charge is 0.257 e. The Kier molecular flexibility index (Phi) is 9.14. The van der Waals surface area contributed by atoms with Crippen LogP contribution in [0.1, 0.15) is 47.4 Å². The highest BCUT2D eigenvalue weighted by Gasteiger charge is 2.28. The molecule has 0 atom stereocenters. The van der Waals surface area contributed by atoms with Crippen LogP contribution in [-0.4, -0.2) is 40.5 Å². The van der Waals surface area contributed by atoms with Crippen LogP contribution in [0.4, 0.5) is 5.82 Å². The molecule has 1 amide bonds. The number of benzene rings is 2. The molecule has 1 fully saturated rings. The van der Waals surface area contributed by atoms with Crippen LogP contribution in [0.3, 0.4) is 0 Å². The quantitative estimate of drug-likeness (QED) is 0.274. The Bertz CT molecular complexity index is 1290. The second-order valence-electron chi connectivity index (χ2n) is 8.84. The summed E-state index contributed by atoms with van der Waals surface area (Å²) >= 11 is 1.66. The van der Waals surface area contributed by atoms with E-state index in [0.29, 0.717) is 37.6 Å². The van der Waals surface area contributed by atoms with Gasteiger partial charge in [0, 0.05) is 42.6 Å². The zero-order chi connectivity index (χ0) is 24.7. The number of nitrogens with one attached hydrogen (secondary N) is 1. The van der Waals surface area contributed by atoms with Crippen LogP contribution in [-0.2, 0) is 6.54 Å². The van der Waals surface area contributed by atoms with Crippen molar-refractivity contribution in [3.05, 3.63) is 94.4 Å². The van der Waals surface area contributed by atoms with E-state index in [2.05, 4.69) is 34.3 Å². The monoisotopic (exact) mass is 534 g/mol. The summed E-state index contributed by atoms with van der Waals surface area (Å²) in [6, 6.07) is 21.9. The van der Waals surface area contributed by atoms with Gasteiger partial charge in [-0.05, 0) is 48.9 Å². The van der Waals surface area contributed by atoms with Crippen LogP contribution in [0.25, 0.3) is 11.3 Å². The third kappa shape index (κ3) is 6.48. The number of nitrogens with zero attached hydrogens (tertiary/aromatic N) is 3. The molecule has 4 aromatic rings. The summed E-state index contributed by atoms with van der Waals surface area (Å²) in [5.41, 5.74) is 3.86. The van der Waals surface area contributed by atoms with Crippen molar-refractivity contribution >= 4 is 35.5 Å². The molecular weight excluding hydrogens is 504 g/mol. The summed E-state index contributed by atoms with van der Waals surface area (Å²) in [7, 11) is 0. The molecule has 192 valence electrons. The molecule has 0 aliphatic carbocycles. The average molecular weight is 535 g/mol. The number of aromatic nitrogens is 2. The number of carbonyl (C=O) groups excluding carboxylic acids is 1. The lowest BCUT2D eigenvalue weighted by Crippen LogP contribution is -2.38. The van der Waals surface area contributed by atoms with Gasteiger partial charge in [-0.1, -0.05) is 42.5 Å². The summed E-state index contributed by atoms with van der Waals surface area (Å²) in [4.78, 5) is 25.0. The number of hydrogen-bond acceptors (Lipinski definition) is 6. The number of hydrogen-bond donors (Lipinski definition) is 1. The number of thiophene rings is 1. The zero-order valence-electron chi connectivity index (χ0n) is 20.8. The van der Waals surface area contributed by atoms with E-state index >= 15 is 0 Å². The van der Waals surface area contributed by atoms with Crippen molar-refractivity contribution in [2.75, 3.05) is 25.0 Å². The molecular formula is C29H31ClN4O2S. The van der Waals surface area contributed by atoms with E-state index in [0.717, 1.165) is 35.7 Å². The van der Waals surface area contributed by atoms with Crippen LogP contribution < -0.4 is 10.1 Å². The fourth-order valence-corrected chi connectivity index (χ4v) is 5.17. The predicted octanol–water partition coefficient (Wildman–Crippen LogP) is 6.66. The van der Waals surface area contributed by atoms with E-state index in [1.165, 1.54) is 5.56 Å². The third-order valence-corrected chi connectivity index (χ3v) is 7.12. The van der Waals surface area contributed by atoms with Crippen LogP contribution in [0.15, 0.2) is 77.5 Å². The van der Waals surface area contributed by atoms with Gasteiger partial charge in [-0.15, -0.1) is 12.4 Å². The summed E-state index contributed by atoms with van der Waals surface area (Å²) in [6.45, 7) is 4.50. The van der Waals surface area contributed by atoms with Gasteiger partial charge in [0.25, 0.3) is 5.91 Å². The molecule has 0 radical (unpaired) electrons. The largest absolute Gasteiger partial charge is 0.493 e. The average Bonchev–Trinajstić information content (AvgIpc) is 3.48. The number of piperidine rings is 1. The number of para-hydroxylation sites is 1. The molecule has 5 rings (SSSR count). The minimum absolute atomic E-state index is 0. The summed E-state index contributed by atoms with van der Waals surface area (Å²) < 4.78 is 5.68. The molecule has 1 aliphatic heterocycles. The van der Waals surface area contributed by atoms with Gasteiger partial charge in [0.15, 0.2) is 0 Å². The van der Waals surface area contributed by atoms with Gasteiger partial charge in [0.2, 0.25) is 0 Å². The zero-order valence-corrected chi connectivity index (χ0v) is 22.4. The van der Waals surface area contributed by atoms with E-state index in [9.17, 15) is 4.79 Å². The van der Waals surface area contributed by atoms with Gasteiger partial charge in [0.1, 0.15) is 17.4 Å². The van der Waals surface area contributed by atoms with Crippen molar-refractivity contribution in [2.24, 2.45) is 0 Å². The standard InChI is InChI=1S/C29H30N4O2S.ClH/c1-2-35-26-11-7-6-10-24(26)29(34)33-15-12-22(13-16-33)28-31-25(23-14-17-36-20-23)18-27(32-28)30-19-21-8-4-3-5-9-21;/h3-11,14,17-18,20,22H,2,12-13,15-16,19H2,1H3,(H,30,31,32);1H. The van der Waals surface area contributed by atoms with Crippen LogP contribution >= 0.6 is 23.7 Å². The Labute approximate surface area is 228 Å². The van der Waals surface area contributed by atoms with E-state index in [4.69, 9.17) is 14.7 Å². The number of amides is 1. The lowest BCUT2D eigenvalue weighted by Gasteiger charge is -2.32. The number of rotatable bonds is 8. The molecule has 2 aromatic carbocycles. The second-order valence-corrected chi connectivity index (χ2v) is 9.62. The maximum absolute atomic E-state index is 13.2. The summed E-state index contributed by atoms with van der Waals surface area (Å²) in [6.07, 6.45) is 1.65. The minimum Gasteiger partial charge on any atom is -0.493 e. The SMILES string of the molecule is CCOc1ccccc1C(=O)N1CCC(c2nc(NCc3ccccc3)cc(-c3ccsc3)n2)CC1.Cl. The molecule has 1 saturated heterocycles. The molecule has 1 N–H and O–H groups in total. The highest BCUT2D eigenvalue weighted by atomic mass is 35.5. The van der Waals surface area contributed by atoms with Gasteiger partial charge >= 0.3 is 0 Å². The van der Waals surface area contributed by atoms with Crippen LogP contribution in [0.5, 0.6) is 5.75 Å². The van der Waals surface area contributed by atoms with Gasteiger partial charge in [0.05, 0.1) is 17.9 Å². The van der Waals surface area contributed by atoms with Crippen LogP contribution in [0.2, 0.25) is 0 Å². The maximum Gasteiger partial charge on any atom is 0.257 e. The minimum atomic E-state index is 0. The molecule has 37 heavy (non-hydrogen) atoms. The Morgan fingerprint density at radius 1 is 1.05 bits per heavy atom. The van der Waals surface area contributed by atoms with Gasteiger partial charge < -0.3 is 15.0 Å². The predicted molar refractivity (Wildman–Crippen MR) is 152 cm³/mol. The number of likely N-dealkylation sites (tertiary alicyclic amines) is 1. The van der Waals surface area contributed by atoms with Gasteiger partial charge in [-0.25, -0.2) is 9.97 Å². The lowest BCUT2D eigenvalue weighted by molar-refractivity contribution is 0.0707. The molecule has 3 heterocycles. The number of anilines is 1. The lowest BCUT2D eigenvalue weighted by atomic mass is 9.95. The van der Waals surface area contributed by atoms with Gasteiger partial charge in [-0.2, -0.15) is 11.3 Å². The molecule has 2 aromatic heterocycles. The van der Waals surface area contributed by atoms with E-state index in [1.54, 1.807) is 11.3 Å². The van der Waals surface area contributed by atoms with Crippen molar-refractivity contribution in [2.45, 2.75) is 32.2 Å². The first-order valence-electron chi connectivity index (χ1n) is 12.4. The Morgan fingerprint density at radius 3 is 2.54 bits per heavy atom. The topological polar surface area (TPSA) is 67.3 Å². The normalized spacial score (nSPS) is 13.6. The van der Waals surface area contributed by atoms with Gasteiger partial charge in [-0.3, -0.25) is 4.79 Å². The number of carbonyl (C=O) groups is 1. The number of halogens is 1. The molecule has 0 unspecified atom stereocenters. The maximum atomic E-state index is 13.2. The Balaban J connectivity index is 0.00000320. The van der Waals surface area contributed by atoms with Crippen molar-refractivity contribution in [3.63, 3.8) is 0 Å². The molecule has 6 nitrogen and oxygen atoms in total. The second kappa shape index (κ2) is 12.7. The van der Waals surface area contributed by atoms with E-state index in [-0.39, 0.29) is 24.2 Å². The van der Waals surface area contributed by atoms with Crippen molar-refractivity contribution < 1.29 is 9.53 Å². The molecule has 0 spiro atoms. The first-order chi connectivity index (χ1) is 17.7. The first-order valence-corrected chi connectivity index (χ1v) is 13.4. The van der Waals surface area contributed by atoms with E-state index in [1.807, 2.05) is 60.4 Å². The number of ether oxygens (including phenoxy) is 1. The summed E-state index contributed by atoms with van der Waals surface area (Å²) in [5.74, 6) is 2.54. The fourth-order valence-electron chi connectivity index (χ4n) is 4.52. The molecule has 8 heteroatoms. The highest BCUT2D eigenvalue weighted by Crippen LogP contribution is 2.31. The van der Waals surface area contributed by atoms with Crippen molar-refractivity contribution in [3.8, 4) is 17.0 Å².